The van der Waals surface area contributed by atoms with E-state index in [2.05, 4.69) is 29.3 Å². The number of hydrogen-bond acceptors (Lipinski definition) is 2. The topological polar surface area (TPSA) is 50.4 Å². The van der Waals surface area contributed by atoms with Crippen molar-refractivity contribution >= 4 is 24.9 Å². The first-order valence-electron chi connectivity index (χ1n) is 4.41. The molecule has 0 aliphatic heterocycles. The standard InChI is InChI=1S/C9H14N2O2P2/c12-9(11-14)10-8(6-13-15)7-4-2-1-3-5-7/h1-5,8H,6,14-15H2,(H2,10,11,12). The minimum atomic E-state index is -0.254. The van der Waals surface area contributed by atoms with E-state index < -0.39 is 0 Å². The molecule has 3 atom stereocenters. The first-order chi connectivity index (χ1) is 7.27. The number of amides is 2. The normalized spacial score (nSPS) is 11.9. The zero-order valence-electron chi connectivity index (χ0n) is 8.14. The van der Waals surface area contributed by atoms with Crippen LogP contribution in [-0.4, -0.2) is 12.6 Å². The van der Waals surface area contributed by atoms with Crippen molar-refractivity contribution in [1.82, 2.24) is 10.4 Å². The van der Waals surface area contributed by atoms with E-state index in [0.29, 0.717) is 6.61 Å². The van der Waals surface area contributed by atoms with Gasteiger partial charge in [-0.05, 0) is 15.0 Å². The number of hydrogen-bond donors (Lipinski definition) is 2. The molecule has 0 heterocycles. The maximum atomic E-state index is 11.2. The predicted octanol–water partition coefficient (Wildman–Crippen LogP) is 1.62. The second-order valence-electron chi connectivity index (χ2n) is 2.91. The number of rotatable bonds is 4. The van der Waals surface area contributed by atoms with Crippen molar-refractivity contribution in [3.05, 3.63) is 35.9 Å². The van der Waals surface area contributed by atoms with E-state index in [-0.39, 0.29) is 12.1 Å². The van der Waals surface area contributed by atoms with Gasteiger partial charge in [-0.3, -0.25) is 0 Å². The van der Waals surface area contributed by atoms with Gasteiger partial charge in [0.05, 0.1) is 12.6 Å². The van der Waals surface area contributed by atoms with Crippen molar-refractivity contribution in [2.45, 2.75) is 6.04 Å². The van der Waals surface area contributed by atoms with Gasteiger partial charge in [0.25, 0.3) is 0 Å². The van der Waals surface area contributed by atoms with E-state index >= 15 is 0 Å². The monoisotopic (exact) mass is 244 g/mol. The van der Waals surface area contributed by atoms with E-state index in [4.69, 9.17) is 4.52 Å². The maximum Gasteiger partial charge on any atom is 0.318 e. The molecule has 15 heavy (non-hydrogen) atoms. The first-order valence-corrected chi connectivity index (χ1v) is 5.46. The minimum Gasteiger partial charge on any atom is -0.363 e. The third kappa shape index (κ3) is 4.13. The SMILES string of the molecule is O=C(NP)NC(COP)c1ccccc1. The highest BCUT2D eigenvalue weighted by molar-refractivity contribution is 7.15. The Balaban J connectivity index is 2.70. The lowest BCUT2D eigenvalue weighted by atomic mass is 10.1. The average molecular weight is 244 g/mol. The lowest BCUT2D eigenvalue weighted by Gasteiger charge is -2.17. The molecular weight excluding hydrogens is 230 g/mol. The second kappa shape index (κ2) is 6.73. The van der Waals surface area contributed by atoms with Crippen molar-refractivity contribution in [1.29, 1.82) is 0 Å². The molecule has 1 rings (SSSR count). The Morgan fingerprint density at radius 2 is 2.07 bits per heavy atom. The molecule has 0 aliphatic rings. The lowest BCUT2D eigenvalue weighted by molar-refractivity contribution is 0.234. The van der Waals surface area contributed by atoms with Crippen LogP contribution < -0.4 is 10.4 Å². The zero-order valence-corrected chi connectivity index (χ0v) is 10.5. The van der Waals surface area contributed by atoms with Crippen LogP contribution in [0.25, 0.3) is 0 Å². The molecule has 0 spiro atoms. The van der Waals surface area contributed by atoms with E-state index in [1.807, 2.05) is 30.3 Å². The van der Waals surface area contributed by atoms with Gasteiger partial charge in [0.1, 0.15) is 0 Å². The quantitative estimate of drug-likeness (QED) is 0.791. The first kappa shape index (κ1) is 12.4. The van der Waals surface area contributed by atoms with Crippen LogP contribution in [0.1, 0.15) is 11.6 Å². The van der Waals surface area contributed by atoms with Gasteiger partial charge in [0.2, 0.25) is 0 Å². The fraction of sp³-hybridized carbons (Fsp3) is 0.222. The highest BCUT2D eigenvalue weighted by atomic mass is 31.0. The molecule has 0 saturated carbocycles. The summed E-state index contributed by atoms with van der Waals surface area (Å²) in [5.74, 6) is 0. The smallest absolute Gasteiger partial charge is 0.318 e. The lowest BCUT2D eigenvalue weighted by Crippen LogP contribution is -2.35. The van der Waals surface area contributed by atoms with Crippen molar-refractivity contribution in [3.63, 3.8) is 0 Å². The van der Waals surface area contributed by atoms with E-state index in [9.17, 15) is 4.79 Å². The molecule has 0 bridgehead atoms. The van der Waals surface area contributed by atoms with Gasteiger partial charge >= 0.3 is 6.03 Å². The Labute approximate surface area is 93.7 Å². The summed E-state index contributed by atoms with van der Waals surface area (Å²) in [4.78, 5) is 11.2. The summed E-state index contributed by atoms with van der Waals surface area (Å²) in [6.07, 6.45) is 0. The van der Waals surface area contributed by atoms with Crippen LogP contribution >= 0.6 is 18.9 Å². The van der Waals surface area contributed by atoms with Gasteiger partial charge < -0.3 is 14.9 Å². The number of urea groups is 1. The molecule has 1 aromatic carbocycles. The van der Waals surface area contributed by atoms with E-state index in [1.165, 1.54) is 0 Å². The predicted molar refractivity (Wildman–Crippen MR) is 66.2 cm³/mol. The highest BCUT2D eigenvalue weighted by Crippen LogP contribution is 2.13. The number of benzene rings is 1. The molecule has 0 saturated heterocycles. The Morgan fingerprint density at radius 3 is 2.60 bits per heavy atom. The molecule has 2 amide bonds. The fourth-order valence-corrected chi connectivity index (χ4v) is 1.48. The van der Waals surface area contributed by atoms with Gasteiger partial charge in [-0.1, -0.05) is 30.3 Å². The average Bonchev–Trinajstić information content (AvgIpc) is 2.29. The van der Waals surface area contributed by atoms with Crippen molar-refractivity contribution < 1.29 is 9.32 Å². The summed E-state index contributed by atoms with van der Waals surface area (Å²) in [5, 5.41) is 5.20. The van der Waals surface area contributed by atoms with Gasteiger partial charge in [-0.25, -0.2) is 4.79 Å². The van der Waals surface area contributed by atoms with Gasteiger partial charge in [0.15, 0.2) is 0 Å². The summed E-state index contributed by atoms with van der Waals surface area (Å²) < 4.78 is 4.97. The second-order valence-corrected chi connectivity index (χ2v) is 3.54. The maximum absolute atomic E-state index is 11.2. The third-order valence-corrected chi connectivity index (χ3v) is 2.36. The molecule has 0 aliphatic carbocycles. The molecule has 0 radical (unpaired) electrons. The molecule has 3 unspecified atom stereocenters. The molecule has 0 aromatic heterocycles. The van der Waals surface area contributed by atoms with Crippen LogP contribution in [0.15, 0.2) is 30.3 Å². The van der Waals surface area contributed by atoms with Crippen molar-refractivity contribution in [2.24, 2.45) is 0 Å². The van der Waals surface area contributed by atoms with E-state index in [1.54, 1.807) is 0 Å². The number of carbonyl (C=O) groups excluding carboxylic acids is 1. The summed E-state index contributed by atoms with van der Waals surface area (Å²) >= 11 is 0. The van der Waals surface area contributed by atoms with Gasteiger partial charge in [-0.2, -0.15) is 0 Å². The molecule has 1 aromatic rings. The molecule has 6 heteroatoms. The molecule has 2 N–H and O–H groups in total. The summed E-state index contributed by atoms with van der Waals surface area (Å²) in [5.41, 5.74) is 1.01. The van der Waals surface area contributed by atoms with Crippen molar-refractivity contribution in [3.8, 4) is 0 Å². The Kier molecular flexibility index (Phi) is 5.56. The van der Waals surface area contributed by atoms with Crippen LogP contribution in [-0.2, 0) is 4.52 Å². The number of nitrogens with one attached hydrogen (secondary N) is 2. The number of carbonyl (C=O) groups is 1. The molecular formula is C9H14N2O2P2. The zero-order chi connectivity index (χ0) is 11.1. The highest BCUT2D eigenvalue weighted by Gasteiger charge is 2.12. The Hall–Kier alpha value is -0.690. The summed E-state index contributed by atoms with van der Waals surface area (Å²) in [6.45, 7) is 0.409. The van der Waals surface area contributed by atoms with Gasteiger partial charge in [-0.15, -0.1) is 0 Å². The molecule has 0 fully saturated rings. The fourth-order valence-electron chi connectivity index (χ4n) is 1.20. The largest absolute Gasteiger partial charge is 0.363 e. The van der Waals surface area contributed by atoms with Crippen LogP contribution in [0.3, 0.4) is 0 Å². The van der Waals surface area contributed by atoms with Crippen molar-refractivity contribution in [2.75, 3.05) is 6.61 Å². The molecule has 4 nitrogen and oxygen atoms in total. The molecule has 82 valence electrons. The van der Waals surface area contributed by atoms with Gasteiger partial charge in [0, 0.05) is 9.47 Å². The van der Waals surface area contributed by atoms with Crippen LogP contribution in [0.4, 0.5) is 4.79 Å². The van der Waals surface area contributed by atoms with Crippen LogP contribution in [0.5, 0.6) is 0 Å². The minimum absolute atomic E-state index is 0.149. The van der Waals surface area contributed by atoms with Crippen LogP contribution in [0.2, 0.25) is 0 Å². The third-order valence-electron chi connectivity index (χ3n) is 1.90. The summed E-state index contributed by atoms with van der Waals surface area (Å²) in [6, 6.07) is 9.25. The van der Waals surface area contributed by atoms with Crippen LogP contribution in [0, 0.1) is 0 Å². The Morgan fingerprint density at radius 1 is 1.40 bits per heavy atom. The van der Waals surface area contributed by atoms with E-state index in [0.717, 1.165) is 5.56 Å². The Bertz CT molecular complexity index is 308. The summed E-state index contributed by atoms with van der Waals surface area (Å²) in [7, 11) is 4.32.